The summed E-state index contributed by atoms with van der Waals surface area (Å²) in [6.45, 7) is 3.45. The number of aryl methyl sites for hydroxylation is 1. The summed E-state index contributed by atoms with van der Waals surface area (Å²) in [4.78, 5) is 5.54. The predicted octanol–water partition coefficient (Wildman–Crippen LogP) is 3.97. The molecular formula is C13H14BrNOS. The highest BCUT2D eigenvalue weighted by molar-refractivity contribution is 9.10. The number of thiazole rings is 1. The van der Waals surface area contributed by atoms with Gasteiger partial charge in [-0.3, -0.25) is 0 Å². The highest BCUT2D eigenvalue weighted by Crippen LogP contribution is 2.14. The van der Waals surface area contributed by atoms with Gasteiger partial charge in [-0.25, -0.2) is 4.98 Å². The van der Waals surface area contributed by atoms with E-state index in [0.717, 1.165) is 23.2 Å². The highest BCUT2D eigenvalue weighted by atomic mass is 79.9. The average molecular weight is 312 g/mol. The molecule has 0 spiro atoms. The van der Waals surface area contributed by atoms with Crippen LogP contribution in [0.15, 0.2) is 34.2 Å². The minimum Gasteiger partial charge on any atom is -0.376 e. The smallest absolute Gasteiger partial charge is 0.0797 e. The Morgan fingerprint density at radius 3 is 3.00 bits per heavy atom. The molecule has 1 aromatic carbocycles. The van der Waals surface area contributed by atoms with Crippen molar-refractivity contribution in [2.24, 2.45) is 0 Å². The number of rotatable bonds is 5. The first-order chi connectivity index (χ1) is 8.25. The van der Waals surface area contributed by atoms with Crippen molar-refractivity contribution in [3.8, 4) is 0 Å². The van der Waals surface area contributed by atoms with Gasteiger partial charge in [-0.05, 0) is 24.6 Å². The molecule has 2 rings (SSSR count). The number of hydrogen-bond donors (Lipinski definition) is 0. The van der Waals surface area contributed by atoms with Gasteiger partial charge >= 0.3 is 0 Å². The summed E-state index contributed by atoms with van der Waals surface area (Å²) in [6.07, 6.45) is 0.949. The molecule has 0 saturated carbocycles. The lowest BCUT2D eigenvalue weighted by Gasteiger charge is -2.04. The molecule has 0 amide bonds. The van der Waals surface area contributed by atoms with Crippen molar-refractivity contribution in [2.75, 3.05) is 6.61 Å². The van der Waals surface area contributed by atoms with Crippen molar-refractivity contribution in [2.45, 2.75) is 20.0 Å². The van der Waals surface area contributed by atoms with Gasteiger partial charge in [-0.2, -0.15) is 0 Å². The maximum atomic E-state index is 5.66. The normalized spacial score (nSPS) is 10.7. The van der Waals surface area contributed by atoms with Crippen molar-refractivity contribution >= 4 is 27.3 Å². The van der Waals surface area contributed by atoms with Crippen molar-refractivity contribution in [3.05, 3.63) is 50.4 Å². The fraction of sp³-hybridized carbons (Fsp3) is 0.308. The van der Waals surface area contributed by atoms with Gasteiger partial charge < -0.3 is 4.74 Å². The van der Waals surface area contributed by atoms with E-state index >= 15 is 0 Å². The molecule has 0 bridgehead atoms. The summed E-state index contributed by atoms with van der Waals surface area (Å²) < 4.78 is 6.76. The molecule has 1 heterocycles. The summed E-state index contributed by atoms with van der Waals surface area (Å²) >= 11 is 5.15. The van der Waals surface area contributed by atoms with E-state index in [1.54, 1.807) is 11.3 Å². The Balaban J connectivity index is 1.75. The zero-order valence-corrected chi connectivity index (χ0v) is 12.1. The van der Waals surface area contributed by atoms with Crippen LogP contribution in [0.1, 0.15) is 16.1 Å². The van der Waals surface area contributed by atoms with Gasteiger partial charge in [0.25, 0.3) is 0 Å². The highest BCUT2D eigenvalue weighted by Gasteiger charge is 2.01. The van der Waals surface area contributed by atoms with Gasteiger partial charge in [-0.15, -0.1) is 11.3 Å². The number of nitrogens with zero attached hydrogens (tertiary/aromatic N) is 1. The van der Waals surface area contributed by atoms with E-state index in [-0.39, 0.29) is 0 Å². The van der Waals surface area contributed by atoms with Gasteiger partial charge in [0.1, 0.15) is 0 Å². The number of benzene rings is 1. The molecule has 0 atom stereocenters. The minimum absolute atomic E-state index is 0.664. The number of halogens is 1. The average Bonchev–Trinajstić information content (AvgIpc) is 2.71. The van der Waals surface area contributed by atoms with Crippen LogP contribution in [0.4, 0.5) is 0 Å². The second-order valence-electron chi connectivity index (χ2n) is 3.79. The van der Waals surface area contributed by atoms with E-state index in [9.17, 15) is 0 Å². The van der Waals surface area contributed by atoms with Gasteiger partial charge in [-0.1, -0.05) is 28.1 Å². The van der Waals surface area contributed by atoms with Crippen LogP contribution in [-0.4, -0.2) is 11.6 Å². The molecule has 90 valence electrons. The van der Waals surface area contributed by atoms with Crippen LogP contribution in [-0.2, 0) is 17.8 Å². The fourth-order valence-corrected chi connectivity index (χ4v) is 2.76. The van der Waals surface area contributed by atoms with E-state index in [2.05, 4.69) is 33.0 Å². The van der Waals surface area contributed by atoms with Gasteiger partial charge in [0.15, 0.2) is 0 Å². The Morgan fingerprint density at radius 1 is 1.41 bits per heavy atom. The summed E-state index contributed by atoms with van der Waals surface area (Å²) in [5.41, 5.74) is 4.21. The van der Waals surface area contributed by atoms with Crippen LogP contribution in [0.5, 0.6) is 0 Å². The molecule has 0 N–H and O–H groups in total. The third-order valence-electron chi connectivity index (χ3n) is 2.48. The molecule has 0 unspecified atom stereocenters. The first-order valence-electron chi connectivity index (χ1n) is 5.47. The Morgan fingerprint density at radius 2 is 2.29 bits per heavy atom. The zero-order chi connectivity index (χ0) is 12.1. The molecule has 0 aliphatic rings. The number of hydrogen-bond acceptors (Lipinski definition) is 3. The number of aromatic nitrogens is 1. The van der Waals surface area contributed by atoms with Crippen LogP contribution in [0.25, 0.3) is 0 Å². The molecule has 0 aliphatic heterocycles. The molecule has 2 nitrogen and oxygen atoms in total. The Labute approximate surface area is 114 Å². The van der Waals surface area contributed by atoms with Gasteiger partial charge in [0, 0.05) is 15.8 Å². The molecule has 17 heavy (non-hydrogen) atoms. The second kappa shape index (κ2) is 6.28. The van der Waals surface area contributed by atoms with Crippen LogP contribution in [0.3, 0.4) is 0 Å². The minimum atomic E-state index is 0.664. The molecule has 0 fully saturated rings. The summed E-state index contributed by atoms with van der Waals surface area (Å²) in [7, 11) is 0. The SMILES string of the molecule is Cc1ncsc1CCOCc1cccc(Br)c1. The van der Waals surface area contributed by atoms with E-state index in [0.29, 0.717) is 6.61 Å². The maximum absolute atomic E-state index is 5.66. The Bertz CT molecular complexity index is 484. The topological polar surface area (TPSA) is 22.1 Å². The third-order valence-corrected chi connectivity index (χ3v) is 3.96. The summed E-state index contributed by atoms with van der Waals surface area (Å²) in [6, 6.07) is 8.20. The second-order valence-corrected chi connectivity index (χ2v) is 5.65. The van der Waals surface area contributed by atoms with Crippen LogP contribution < -0.4 is 0 Å². The van der Waals surface area contributed by atoms with Crippen molar-refractivity contribution in [1.82, 2.24) is 4.98 Å². The third kappa shape index (κ3) is 3.91. The van der Waals surface area contributed by atoms with E-state index < -0.39 is 0 Å². The molecule has 2 aromatic rings. The van der Waals surface area contributed by atoms with Crippen LogP contribution in [0, 0.1) is 6.92 Å². The first kappa shape index (κ1) is 12.7. The Kier molecular flexibility index (Phi) is 4.71. The lowest BCUT2D eigenvalue weighted by Crippen LogP contribution is -1.99. The molecule has 0 aliphatic carbocycles. The van der Waals surface area contributed by atoms with Gasteiger partial charge in [0.2, 0.25) is 0 Å². The summed E-state index contributed by atoms with van der Waals surface area (Å²) in [5, 5.41) is 0. The van der Waals surface area contributed by atoms with Crippen molar-refractivity contribution in [1.29, 1.82) is 0 Å². The Hall–Kier alpha value is -0.710. The lowest BCUT2D eigenvalue weighted by molar-refractivity contribution is 0.124. The lowest BCUT2D eigenvalue weighted by atomic mass is 10.2. The van der Waals surface area contributed by atoms with Crippen LogP contribution >= 0.6 is 27.3 Å². The monoisotopic (exact) mass is 311 g/mol. The number of ether oxygens (including phenoxy) is 1. The van der Waals surface area contributed by atoms with Crippen molar-refractivity contribution < 1.29 is 4.74 Å². The fourth-order valence-electron chi connectivity index (χ4n) is 1.55. The van der Waals surface area contributed by atoms with E-state index in [1.807, 2.05) is 24.6 Å². The van der Waals surface area contributed by atoms with Crippen LogP contribution in [0.2, 0.25) is 0 Å². The first-order valence-corrected chi connectivity index (χ1v) is 7.14. The molecular weight excluding hydrogens is 298 g/mol. The quantitative estimate of drug-likeness (QED) is 0.779. The standard InChI is InChI=1S/C13H14BrNOS/c1-10-13(17-9-15-10)5-6-16-8-11-3-2-4-12(14)7-11/h2-4,7,9H,5-6,8H2,1H3. The summed E-state index contributed by atoms with van der Waals surface area (Å²) in [5.74, 6) is 0. The van der Waals surface area contributed by atoms with Gasteiger partial charge in [0.05, 0.1) is 24.4 Å². The maximum Gasteiger partial charge on any atom is 0.0797 e. The molecule has 0 radical (unpaired) electrons. The zero-order valence-electron chi connectivity index (χ0n) is 9.65. The van der Waals surface area contributed by atoms with E-state index in [1.165, 1.54) is 10.4 Å². The van der Waals surface area contributed by atoms with Crippen molar-refractivity contribution in [3.63, 3.8) is 0 Å². The van der Waals surface area contributed by atoms with E-state index in [4.69, 9.17) is 4.74 Å². The molecule has 1 aromatic heterocycles. The largest absolute Gasteiger partial charge is 0.376 e. The molecule has 4 heteroatoms. The molecule has 0 saturated heterocycles. The predicted molar refractivity (Wildman–Crippen MR) is 74.4 cm³/mol.